The van der Waals surface area contributed by atoms with Crippen LogP contribution in [0.3, 0.4) is 0 Å². The van der Waals surface area contributed by atoms with E-state index in [9.17, 15) is 0 Å². The fourth-order valence-corrected chi connectivity index (χ4v) is 1.70. The molecule has 0 bridgehead atoms. The maximum Gasteiger partial charge on any atom is 0.153 e. The number of nitrogens with one attached hydrogen (secondary N) is 1. The summed E-state index contributed by atoms with van der Waals surface area (Å²) >= 11 is 0. The largest absolute Gasteiger partial charge is 0.383 e. The second-order valence-electron chi connectivity index (χ2n) is 4.34. The normalized spacial score (nSPS) is 10.9. The van der Waals surface area contributed by atoms with E-state index in [0.717, 1.165) is 23.6 Å². The zero-order valence-electron chi connectivity index (χ0n) is 10.9. The van der Waals surface area contributed by atoms with Gasteiger partial charge in [0.25, 0.3) is 0 Å². The van der Waals surface area contributed by atoms with Gasteiger partial charge >= 0.3 is 0 Å². The third-order valence-electron chi connectivity index (χ3n) is 2.72. The summed E-state index contributed by atoms with van der Waals surface area (Å²) in [7, 11) is 0. The highest BCUT2D eigenvalue weighted by molar-refractivity contribution is 5.61. The Morgan fingerprint density at radius 3 is 2.78 bits per heavy atom. The van der Waals surface area contributed by atoms with Crippen molar-refractivity contribution in [3.05, 3.63) is 24.2 Å². The smallest absolute Gasteiger partial charge is 0.153 e. The van der Waals surface area contributed by atoms with Crippen LogP contribution in [0.15, 0.2) is 18.6 Å². The molecule has 96 valence electrons. The van der Waals surface area contributed by atoms with E-state index in [4.69, 9.17) is 5.73 Å². The summed E-state index contributed by atoms with van der Waals surface area (Å²) in [5, 5.41) is 7.59. The first-order valence-corrected chi connectivity index (χ1v) is 6.03. The molecule has 0 spiro atoms. The van der Waals surface area contributed by atoms with Crippen LogP contribution in [0.2, 0.25) is 0 Å². The first kappa shape index (κ1) is 12.3. The maximum atomic E-state index is 5.82. The standard InChI is InChI=1S/C12H18N6/c1-4-9-11(13)14-7-15-12(9)16-10-5-6-18(17-10)8(2)3/h5-8H,4H2,1-3H3,(H3,13,14,15,16,17). The first-order chi connectivity index (χ1) is 8.61. The minimum atomic E-state index is 0.335. The summed E-state index contributed by atoms with van der Waals surface area (Å²) in [4.78, 5) is 8.19. The molecule has 0 aliphatic carbocycles. The Labute approximate surface area is 106 Å². The number of rotatable bonds is 4. The SMILES string of the molecule is CCc1c(N)ncnc1Nc1ccn(C(C)C)n1. The fraction of sp³-hybridized carbons (Fsp3) is 0.417. The molecule has 0 saturated heterocycles. The zero-order valence-corrected chi connectivity index (χ0v) is 10.9. The van der Waals surface area contributed by atoms with Crippen molar-refractivity contribution in [1.29, 1.82) is 0 Å². The van der Waals surface area contributed by atoms with Gasteiger partial charge in [-0.2, -0.15) is 5.10 Å². The third kappa shape index (κ3) is 2.42. The molecule has 2 aromatic rings. The summed E-state index contributed by atoms with van der Waals surface area (Å²) in [6, 6.07) is 2.25. The monoisotopic (exact) mass is 246 g/mol. The molecule has 0 unspecified atom stereocenters. The zero-order chi connectivity index (χ0) is 13.1. The van der Waals surface area contributed by atoms with Gasteiger partial charge in [0, 0.05) is 23.9 Å². The Balaban J connectivity index is 2.25. The summed E-state index contributed by atoms with van der Waals surface area (Å²) in [6.45, 7) is 6.18. The van der Waals surface area contributed by atoms with E-state index in [2.05, 4.69) is 34.2 Å². The van der Waals surface area contributed by atoms with Crippen LogP contribution in [0.1, 0.15) is 32.4 Å². The molecule has 18 heavy (non-hydrogen) atoms. The van der Waals surface area contributed by atoms with E-state index in [1.165, 1.54) is 6.33 Å². The Bertz CT molecular complexity index is 531. The van der Waals surface area contributed by atoms with Crippen molar-refractivity contribution in [2.75, 3.05) is 11.1 Å². The predicted octanol–water partition coefficient (Wildman–Crippen LogP) is 2.14. The van der Waals surface area contributed by atoms with E-state index in [1.54, 1.807) is 0 Å². The van der Waals surface area contributed by atoms with E-state index >= 15 is 0 Å². The molecule has 0 amide bonds. The topological polar surface area (TPSA) is 81.6 Å². The van der Waals surface area contributed by atoms with Crippen LogP contribution in [0.25, 0.3) is 0 Å². The molecule has 2 aromatic heterocycles. The second kappa shape index (κ2) is 5.03. The van der Waals surface area contributed by atoms with E-state index in [-0.39, 0.29) is 0 Å². The number of nitrogen functional groups attached to an aromatic ring is 1. The molecule has 0 aliphatic heterocycles. The van der Waals surface area contributed by atoms with Crippen LogP contribution >= 0.6 is 0 Å². The molecule has 6 heteroatoms. The van der Waals surface area contributed by atoms with Crippen LogP contribution in [0.4, 0.5) is 17.5 Å². The van der Waals surface area contributed by atoms with Crippen molar-refractivity contribution in [3.63, 3.8) is 0 Å². The predicted molar refractivity (Wildman–Crippen MR) is 71.7 cm³/mol. The van der Waals surface area contributed by atoms with Gasteiger partial charge in [-0.1, -0.05) is 6.92 Å². The lowest BCUT2D eigenvalue weighted by Gasteiger charge is -2.09. The van der Waals surface area contributed by atoms with E-state index in [0.29, 0.717) is 11.9 Å². The molecule has 0 aliphatic rings. The molecule has 0 radical (unpaired) electrons. The van der Waals surface area contributed by atoms with Gasteiger partial charge in [0.1, 0.15) is 18.0 Å². The molecule has 0 aromatic carbocycles. The lowest BCUT2D eigenvalue weighted by molar-refractivity contribution is 0.534. The van der Waals surface area contributed by atoms with Crippen LogP contribution in [0.5, 0.6) is 0 Å². The van der Waals surface area contributed by atoms with Gasteiger partial charge in [-0.25, -0.2) is 9.97 Å². The minimum Gasteiger partial charge on any atom is -0.383 e. The summed E-state index contributed by atoms with van der Waals surface area (Å²) in [5.41, 5.74) is 6.74. The van der Waals surface area contributed by atoms with E-state index < -0.39 is 0 Å². The van der Waals surface area contributed by atoms with Crippen LogP contribution in [0, 0.1) is 0 Å². The average molecular weight is 246 g/mol. The van der Waals surface area contributed by atoms with Crippen LogP contribution < -0.4 is 11.1 Å². The van der Waals surface area contributed by atoms with Crippen molar-refractivity contribution >= 4 is 17.5 Å². The average Bonchev–Trinajstić information content (AvgIpc) is 2.78. The first-order valence-electron chi connectivity index (χ1n) is 6.03. The lowest BCUT2D eigenvalue weighted by Crippen LogP contribution is -2.06. The van der Waals surface area contributed by atoms with Gasteiger partial charge in [0.15, 0.2) is 5.82 Å². The Morgan fingerprint density at radius 2 is 2.17 bits per heavy atom. The van der Waals surface area contributed by atoms with Crippen molar-refractivity contribution in [3.8, 4) is 0 Å². The molecule has 0 fully saturated rings. The summed E-state index contributed by atoms with van der Waals surface area (Å²) < 4.78 is 1.89. The number of nitrogens with zero attached hydrogens (tertiary/aromatic N) is 4. The molecule has 2 heterocycles. The van der Waals surface area contributed by atoms with Gasteiger partial charge in [0.05, 0.1) is 0 Å². The Morgan fingerprint density at radius 1 is 1.39 bits per heavy atom. The maximum absolute atomic E-state index is 5.82. The highest BCUT2D eigenvalue weighted by Crippen LogP contribution is 2.21. The van der Waals surface area contributed by atoms with Crippen molar-refractivity contribution in [2.24, 2.45) is 0 Å². The molecular weight excluding hydrogens is 228 g/mol. The number of aromatic nitrogens is 4. The molecule has 2 rings (SSSR count). The molecule has 3 N–H and O–H groups in total. The number of anilines is 3. The highest BCUT2D eigenvalue weighted by atomic mass is 15.3. The Hall–Kier alpha value is -2.11. The van der Waals surface area contributed by atoms with Crippen LogP contribution in [-0.4, -0.2) is 19.7 Å². The number of nitrogens with two attached hydrogens (primary N) is 1. The number of hydrogen-bond acceptors (Lipinski definition) is 5. The molecular formula is C12H18N6. The van der Waals surface area contributed by atoms with Crippen molar-refractivity contribution in [1.82, 2.24) is 19.7 Å². The highest BCUT2D eigenvalue weighted by Gasteiger charge is 2.09. The number of hydrogen-bond donors (Lipinski definition) is 2. The Kier molecular flexibility index (Phi) is 3.45. The second-order valence-corrected chi connectivity index (χ2v) is 4.34. The summed E-state index contributed by atoms with van der Waals surface area (Å²) in [6.07, 6.45) is 4.17. The van der Waals surface area contributed by atoms with E-state index in [1.807, 2.05) is 23.9 Å². The minimum absolute atomic E-state index is 0.335. The van der Waals surface area contributed by atoms with Gasteiger partial charge in [0.2, 0.25) is 0 Å². The molecule has 0 atom stereocenters. The van der Waals surface area contributed by atoms with Gasteiger partial charge in [-0.3, -0.25) is 4.68 Å². The van der Waals surface area contributed by atoms with Crippen molar-refractivity contribution in [2.45, 2.75) is 33.2 Å². The fourth-order valence-electron chi connectivity index (χ4n) is 1.70. The third-order valence-corrected chi connectivity index (χ3v) is 2.72. The quantitative estimate of drug-likeness (QED) is 0.863. The molecule has 0 saturated carbocycles. The lowest BCUT2D eigenvalue weighted by atomic mass is 10.2. The summed E-state index contributed by atoms with van der Waals surface area (Å²) in [5.74, 6) is 1.99. The molecule has 6 nitrogen and oxygen atoms in total. The van der Waals surface area contributed by atoms with Gasteiger partial charge in [-0.15, -0.1) is 0 Å². The van der Waals surface area contributed by atoms with Gasteiger partial charge < -0.3 is 11.1 Å². The van der Waals surface area contributed by atoms with Crippen molar-refractivity contribution < 1.29 is 0 Å². The van der Waals surface area contributed by atoms with Crippen LogP contribution in [-0.2, 0) is 6.42 Å². The van der Waals surface area contributed by atoms with Gasteiger partial charge in [-0.05, 0) is 20.3 Å².